The minimum absolute atomic E-state index is 0.184. The fourth-order valence-corrected chi connectivity index (χ4v) is 4.24. The van der Waals surface area contributed by atoms with Crippen molar-refractivity contribution in [2.75, 3.05) is 36.8 Å². The first kappa shape index (κ1) is 20.7. The molecule has 1 heterocycles. The second-order valence-electron chi connectivity index (χ2n) is 5.15. The average Bonchev–Trinajstić information content (AvgIpc) is 3.09. The van der Waals surface area contributed by atoms with Gasteiger partial charge in [-0.1, -0.05) is 0 Å². The summed E-state index contributed by atoms with van der Waals surface area (Å²) in [5.74, 6) is -1.65. The SMILES string of the molecule is CNN(c1ccc(OC)cc1)S(=O)(=O)CC(=O)Nc1ccsc1C(=O)OC. The van der Waals surface area contributed by atoms with Gasteiger partial charge in [-0.05, 0) is 35.7 Å². The number of benzene rings is 1. The van der Waals surface area contributed by atoms with Gasteiger partial charge in [-0.15, -0.1) is 11.3 Å². The molecule has 1 amide bonds. The summed E-state index contributed by atoms with van der Waals surface area (Å²) in [6, 6.07) is 7.78. The van der Waals surface area contributed by atoms with Crippen LogP contribution in [0, 0.1) is 0 Å². The molecule has 1 aromatic heterocycles. The molecule has 2 N–H and O–H groups in total. The van der Waals surface area contributed by atoms with Gasteiger partial charge in [0.15, 0.2) is 0 Å². The topological polar surface area (TPSA) is 114 Å². The van der Waals surface area contributed by atoms with Gasteiger partial charge in [-0.25, -0.2) is 23.1 Å². The van der Waals surface area contributed by atoms with E-state index in [1.54, 1.807) is 29.6 Å². The Bertz CT molecular complexity index is 908. The van der Waals surface area contributed by atoms with E-state index in [0.29, 0.717) is 11.4 Å². The van der Waals surface area contributed by atoms with Crippen LogP contribution in [0.5, 0.6) is 5.75 Å². The maximum absolute atomic E-state index is 12.6. The molecule has 1 aromatic carbocycles. The highest BCUT2D eigenvalue weighted by Crippen LogP contribution is 2.24. The van der Waals surface area contributed by atoms with Gasteiger partial charge in [0, 0.05) is 7.05 Å². The largest absolute Gasteiger partial charge is 0.497 e. The van der Waals surface area contributed by atoms with Crippen LogP contribution in [0.2, 0.25) is 0 Å². The van der Waals surface area contributed by atoms with Gasteiger partial charge in [0.2, 0.25) is 5.91 Å². The maximum Gasteiger partial charge on any atom is 0.350 e. The van der Waals surface area contributed by atoms with Gasteiger partial charge >= 0.3 is 5.97 Å². The van der Waals surface area contributed by atoms with E-state index in [1.165, 1.54) is 27.3 Å². The summed E-state index contributed by atoms with van der Waals surface area (Å²) in [6.07, 6.45) is 0. The number of carbonyl (C=O) groups excluding carboxylic acids is 2. The smallest absolute Gasteiger partial charge is 0.350 e. The number of esters is 1. The third-order valence-corrected chi connectivity index (χ3v) is 5.88. The molecule has 2 aromatic rings. The molecule has 0 bridgehead atoms. The molecule has 0 saturated carbocycles. The van der Waals surface area contributed by atoms with Crippen LogP contribution in [0.4, 0.5) is 11.4 Å². The zero-order chi connectivity index (χ0) is 20.0. The molecule has 146 valence electrons. The van der Waals surface area contributed by atoms with Crippen LogP contribution in [-0.4, -0.2) is 47.3 Å². The summed E-state index contributed by atoms with van der Waals surface area (Å²) in [5.41, 5.74) is 3.07. The average molecular weight is 413 g/mol. The summed E-state index contributed by atoms with van der Waals surface area (Å²) in [7, 11) is 0.114. The van der Waals surface area contributed by atoms with Crippen LogP contribution in [0.3, 0.4) is 0 Å². The number of rotatable bonds is 8. The van der Waals surface area contributed by atoms with Crippen molar-refractivity contribution < 1.29 is 27.5 Å². The predicted molar refractivity (Wildman–Crippen MR) is 103 cm³/mol. The van der Waals surface area contributed by atoms with Gasteiger partial charge in [-0.3, -0.25) is 4.79 Å². The normalized spacial score (nSPS) is 10.9. The third-order valence-electron chi connectivity index (χ3n) is 3.41. The van der Waals surface area contributed by atoms with Crippen molar-refractivity contribution in [3.05, 3.63) is 40.6 Å². The van der Waals surface area contributed by atoms with E-state index in [1.807, 2.05) is 0 Å². The molecule has 0 aliphatic carbocycles. The maximum atomic E-state index is 12.6. The molecule has 0 aliphatic rings. The van der Waals surface area contributed by atoms with Crippen LogP contribution >= 0.6 is 11.3 Å². The van der Waals surface area contributed by atoms with Gasteiger partial charge in [0.05, 0.1) is 25.6 Å². The summed E-state index contributed by atoms with van der Waals surface area (Å²) in [6.45, 7) is 0. The Hall–Kier alpha value is -2.63. The van der Waals surface area contributed by atoms with Gasteiger partial charge in [0.1, 0.15) is 16.4 Å². The molecule has 11 heteroatoms. The molecule has 0 fully saturated rings. The number of methoxy groups -OCH3 is 2. The quantitative estimate of drug-likeness (QED) is 0.497. The zero-order valence-electron chi connectivity index (χ0n) is 14.9. The van der Waals surface area contributed by atoms with Gasteiger partial charge in [-0.2, -0.15) is 0 Å². The van der Waals surface area contributed by atoms with Crippen molar-refractivity contribution >= 4 is 44.6 Å². The first-order valence-corrected chi connectivity index (χ1v) is 10.1. The fourth-order valence-electron chi connectivity index (χ4n) is 2.22. The monoisotopic (exact) mass is 413 g/mol. The van der Waals surface area contributed by atoms with Crippen LogP contribution in [0.25, 0.3) is 0 Å². The lowest BCUT2D eigenvalue weighted by molar-refractivity contribution is -0.113. The second-order valence-corrected chi connectivity index (χ2v) is 7.88. The van der Waals surface area contributed by atoms with E-state index >= 15 is 0 Å². The number of sulfonamides is 1. The fraction of sp³-hybridized carbons (Fsp3) is 0.250. The van der Waals surface area contributed by atoms with Crippen molar-refractivity contribution in [1.29, 1.82) is 0 Å². The van der Waals surface area contributed by atoms with Gasteiger partial charge in [0.25, 0.3) is 10.0 Å². The third kappa shape index (κ3) is 4.96. The number of hydrogen-bond acceptors (Lipinski definition) is 8. The van der Waals surface area contributed by atoms with E-state index < -0.39 is 27.7 Å². The lowest BCUT2D eigenvalue weighted by atomic mass is 10.3. The molecule has 2 rings (SSSR count). The Morgan fingerprint density at radius 1 is 1.15 bits per heavy atom. The minimum atomic E-state index is -4.03. The number of amides is 1. The first-order chi connectivity index (χ1) is 12.8. The Kier molecular flexibility index (Phi) is 6.77. The number of ether oxygens (including phenoxy) is 2. The number of anilines is 2. The van der Waals surface area contributed by atoms with Crippen LogP contribution in [0.15, 0.2) is 35.7 Å². The molecular weight excluding hydrogens is 394 g/mol. The number of hydrazine groups is 1. The number of hydrogen-bond donors (Lipinski definition) is 2. The van der Waals surface area contributed by atoms with Crippen LogP contribution < -0.4 is 19.9 Å². The summed E-state index contributed by atoms with van der Waals surface area (Å²) >= 11 is 1.08. The van der Waals surface area contributed by atoms with E-state index in [2.05, 4.69) is 15.5 Å². The molecule has 0 aliphatic heterocycles. The molecule has 0 radical (unpaired) electrons. The molecule has 27 heavy (non-hydrogen) atoms. The lowest BCUT2D eigenvalue weighted by Gasteiger charge is -2.23. The number of nitrogens with one attached hydrogen (secondary N) is 2. The van der Waals surface area contributed by atoms with Crippen molar-refractivity contribution in [2.24, 2.45) is 0 Å². The minimum Gasteiger partial charge on any atom is -0.497 e. The summed E-state index contributed by atoms with van der Waals surface area (Å²) < 4.78 is 35.8. The van der Waals surface area contributed by atoms with E-state index in [0.717, 1.165) is 15.8 Å². The van der Waals surface area contributed by atoms with E-state index in [4.69, 9.17) is 4.74 Å². The summed E-state index contributed by atoms with van der Waals surface area (Å²) in [5, 5.41) is 4.02. The molecule has 0 unspecified atom stereocenters. The van der Waals surface area contributed by atoms with Crippen molar-refractivity contribution in [3.63, 3.8) is 0 Å². The Morgan fingerprint density at radius 2 is 1.81 bits per heavy atom. The number of thiophene rings is 1. The standard InChI is InChI=1S/C16H19N3O6S2/c1-17-19(11-4-6-12(24-2)7-5-11)27(22,23)10-14(20)18-13-8-9-26-15(13)16(21)25-3/h4-9,17H,10H2,1-3H3,(H,18,20). The second kappa shape index (κ2) is 8.84. The van der Waals surface area contributed by atoms with E-state index in [-0.39, 0.29) is 10.6 Å². The van der Waals surface area contributed by atoms with Crippen molar-refractivity contribution in [3.8, 4) is 5.75 Å². The van der Waals surface area contributed by atoms with Crippen molar-refractivity contribution in [1.82, 2.24) is 5.43 Å². The zero-order valence-corrected chi connectivity index (χ0v) is 16.5. The highest BCUT2D eigenvalue weighted by atomic mass is 32.2. The predicted octanol–water partition coefficient (Wildman–Crippen LogP) is 1.45. The van der Waals surface area contributed by atoms with Crippen LogP contribution in [0.1, 0.15) is 9.67 Å². The Balaban J connectivity index is 2.14. The first-order valence-electron chi connectivity index (χ1n) is 7.62. The molecule has 0 atom stereocenters. The Labute approximate surface area is 160 Å². The number of carbonyl (C=O) groups is 2. The number of nitrogens with zero attached hydrogens (tertiary/aromatic N) is 1. The van der Waals surface area contributed by atoms with E-state index in [9.17, 15) is 18.0 Å². The van der Waals surface area contributed by atoms with Crippen molar-refractivity contribution in [2.45, 2.75) is 0 Å². The highest BCUT2D eigenvalue weighted by Gasteiger charge is 2.26. The molecule has 0 spiro atoms. The lowest BCUT2D eigenvalue weighted by Crippen LogP contribution is -2.44. The molecular formula is C16H19N3O6S2. The summed E-state index contributed by atoms with van der Waals surface area (Å²) in [4.78, 5) is 24.1. The van der Waals surface area contributed by atoms with Gasteiger partial charge < -0.3 is 14.8 Å². The molecule has 0 saturated heterocycles. The molecule has 9 nitrogen and oxygen atoms in total. The van der Waals surface area contributed by atoms with Crippen LogP contribution in [-0.2, 0) is 19.6 Å². The highest BCUT2D eigenvalue weighted by molar-refractivity contribution is 7.93. The Morgan fingerprint density at radius 3 is 2.37 bits per heavy atom.